The number of hydrogen-bond acceptors (Lipinski definition) is 3. The van der Waals surface area contributed by atoms with Crippen LogP contribution in [0.2, 0.25) is 0 Å². The van der Waals surface area contributed by atoms with Gasteiger partial charge in [-0.25, -0.2) is 8.42 Å². The van der Waals surface area contributed by atoms with Gasteiger partial charge in [0.15, 0.2) is 6.54 Å². The van der Waals surface area contributed by atoms with Crippen molar-refractivity contribution in [3.63, 3.8) is 0 Å². The highest BCUT2D eigenvalue weighted by molar-refractivity contribution is 7.89. The van der Waals surface area contributed by atoms with Gasteiger partial charge in [-0.2, -0.15) is 4.31 Å². The molecule has 2 N–H and O–H groups in total. The van der Waals surface area contributed by atoms with Crippen molar-refractivity contribution in [1.29, 1.82) is 0 Å². The average molecular weight is 369 g/mol. The lowest BCUT2D eigenvalue weighted by Gasteiger charge is -2.31. The van der Waals surface area contributed by atoms with Crippen molar-refractivity contribution in [2.45, 2.75) is 44.6 Å². The molecule has 1 amide bonds. The molecular formula is C18H30N3O3S+. The fourth-order valence-electron chi connectivity index (χ4n) is 3.14. The number of quaternary nitrogens is 1. The fourth-order valence-corrected chi connectivity index (χ4v) is 4.58. The highest BCUT2D eigenvalue weighted by Crippen LogP contribution is 2.16. The van der Waals surface area contributed by atoms with Crippen LogP contribution in [0.3, 0.4) is 0 Å². The van der Waals surface area contributed by atoms with Crippen LogP contribution in [0.15, 0.2) is 29.2 Å². The minimum atomic E-state index is -3.44. The van der Waals surface area contributed by atoms with Crippen LogP contribution in [0, 0.1) is 6.92 Å². The lowest BCUT2D eigenvalue weighted by Crippen LogP contribution is -3.15. The van der Waals surface area contributed by atoms with Crippen molar-refractivity contribution >= 4 is 15.9 Å². The summed E-state index contributed by atoms with van der Waals surface area (Å²) in [4.78, 5) is 13.5. The molecule has 1 saturated heterocycles. The number of hydrogen-bond donors (Lipinski definition) is 2. The first-order valence-electron chi connectivity index (χ1n) is 9.02. The summed E-state index contributed by atoms with van der Waals surface area (Å²) in [5, 5.41) is 3.01. The van der Waals surface area contributed by atoms with E-state index < -0.39 is 10.0 Å². The van der Waals surface area contributed by atoms with Gasteiger partial charge in [0.25, 0.3) is 5.91 Å². The number of nitrogens with one attached hydrogen (secondary N) is 2. The molecule has 2 rings (SSSR count). The molecule has 1 aromatic rings. The van der Waals surface area contributed by atoms with Crippen molar-refractivity contribution in [1.82, 2.24) is 9.62 Å². The van der Waals surface area contributed by atoms with Gasteiger partial charge in [0.2, 0.25) is 10.0 Å². The summed E-state index contributed by atoms with van der Waals surface area (Å²) in [6, 6.07) is 7.14. The number of aryl methyl sites for hydroxylation is 1. The summed E-state index contributed by atoms with van der Waals surface area (Å²) in [7, 11) is -3.44. The largest absolute Gasteiger partial charge is 0.349 e. The number of sulfonamides is 1. The Morgan fingerprint density at radius 3 is 2.40 bits per heavy atom. The lowest BCUT2D eigenvalue weighted by atomic mass is 10.2. The van der Waals surface area contributed by atoms with Crippen LogP contribution in [0.1, 0.15) is 32.3 Å². The second kappa shape index (κ2) is 8.78. The van der Waals surface area contributed by atoms with Crippen molar-refractivity contribution in [3.05, 3.63) is 29.8 Å². The standard InChI is InChI=1S/C18H29N3O3S/c1-4-5-16(3)19-18(22)14-20-10-12-21(13-11-20)25(23,24)17-8-6-15(2)7-9-17/h6-9,16H,4-5,10-14H2,1-3H3,(H,19,22)/p+1/t16-/m1/s1. The molecule has 1 heterocycles. The molecule has 0 radical (unpaired) electrons. The van der Waals surface area contributed by atoms with Gasteiger partial charge in [0.1, 0.15) is 0 Å². The molecule has 0 bridgehead atoms. The van der Waals surface area contributed by atoms with Crippen molar-refractivity contribution in [2.75, 3.05) is 32.7 Å². The summed E-state index contributed by atoms with van der Waals surface area (Å²) in [6.45, 7) is 8.66. The summed E-state index contributed by atoms with van der Waals surface area (Å²) in [6.07, 6.45) is 2.02. The van der Waals surface area contributed by atoms with Gasteiger partial charge in [-0.15, -0.1) is 0 Å². The van der Waals surface area contributed by atoms with Gasteiger partial charge in [0, 0.05) is 6.04 Å². The second-order valence-electron chi connectivity index (χ2n) is 6.90. The summed E-state index contributed by atoms with van der Waals surface area (Å²) < 4.78 is 26.9. The van der Waals surface area contributed by atoms with E-state index in [9.17, 15) is 13.2 Å². The first-order valence-corrected chi connectivity index (χ1v) is 10.5. The maximum absolute atomic E-state index is 12.7. The zero-order valence-electron chi connectivity index (χ0n) is 15.4. The zero-order valence-corrected chi connectivity index (χ0v) is 16.2. The van der Waals surface area contributed by atoms with Crippen molar-refractivity contribution < 1.29 is 18.1 Å². The van der Waals surface area contributed by atoms with E-state index in [-0.39, 0.29) is 11.9 Å². The summed E-state index contributed by atoms with van der Waals surface area (Å²) in [5.74, 6) is 0.0470. The van der Waals surface area contributed by atoms with Crippen LogP contribution in [-0.4, -0.2) is 57.4 Å². The van der Waals surface area contributed by atoms with Crippen molar-refractivity contribution in [2.24, 2.45) is 0 Å². The Morgan fingerprint density at radius 1 is 1.24 bits per heavy atom. The van der Waals surface area contributed by atoms with Crippen LogP contribution >= 0.6 is 0 Å². The van der Waals surface area contributed by atoms with Gasteiger partial charge in [-0.3, -0.25) is 4.79 Å². The smallest absolute Gasteiger partial charge is 0.275 e. The molecule has 25 heavy (non-hydrogen) atoms. The Labute approximate surface area is 151 Å². The first kappa shape index (κ1) is 19.9. The molecule has 7 heteroatoms. The Balaban J connectivity index is 1.86. The molecule has 0 unspecified atom stereocenters. The number of carbonyl (C=O) groups excluding carboxylic acids is 1. The number of benzene rings is 1. The van der Waals surface area contributed by atoms with E-state index >= 15 is 0 Å². The van der Waals surface area contributed by atoms with E-state index in [2.05, 4.69) is 12.2 Å². The monoisotopic (exact) mass is 368 g/mol. The fraction of sp³-hybridized carbons (Fsp3) is 0.611. The molecule has 1 atom stereocenters. The minimum absolute atomic E-state index is 0.0470. The van der Waals surface area contributed by atoms with E-state index in [0.717, 1.165) is 23.3 Å². The average Bonchev–Trinajstić information content (AvgIpc) is 2.55. The Hall–Kier alpha value is -1.44. The molecule has 1 aliphatic heterocycles. The molecule has 0 aromatic heterocycles. The minimum Gasteiger partial charge on any atom is -0.349 e. The molecule has 0 saturated carbocycles. The normalized spacial score (nSPS) is 18.0. The molecule has 1 aromatic carbocycles. The third-order valence-electron chi connectivity index (χ3n) is 4.63. The molecular weight excluding hydrogens is 338 g/mol. The van der Waals surface area contributed by atoms with Gasteiger partial charge < -0.3 is 10.2 Å². The van der Waals surface area contributed by atoms with Gasteiger partial charge in [0.05, 0.1) is 31.1 Å². The molecule has 1 aliphatic rings. The lowest BCUT2D eigenvalue weighted by molar-refractivity contribution is -0.895. The van der Waals surface area contributed by atoms with E-state index in [1.54, 1.807) is 12.1 Å². The third-order valence-corrected chi connectivity index (χ3v) is 6.54. The van der Waals surface area contributed by atoms with Gasteiger partial charge in [-0.05, 0) is 32.4 Å². The second-order valence-corrected chi connectivity index (χ2v) is 8.84. The summed E-state index contributed by atoms with van der Waals surface area (Å²) >= 11 is 0. The van der Waals surface area contributed by atoms with Crippen LogP contribution in [0.25, 0.3) is 0 Å². The molecule has 0 spiro atoms. The number of piperazine rings is 1. The van der Waals surface area contributed by atoms with E-state index in [1.807, 2.05) is 26.0 Å². The Morgan fingerprint density at radius 2 is 1.84 bits per heavy atom. The highest BCUT2D eigenvalue weighted by Gasteiger charge is 2.31. The Kier molecular flexibility index (Phi) is 6.98. The van der Waals surface area contributed by atoms with Gasteiger partial charge in [-0.1, -0.05) is 31.0 Å². The zero-order chi connectivity index (χ0) is 18.4. The first-order chi connectivity index (χ1) is 11.8. The maximum Gasteiger partial charge on any atom is 0.275 e. The predicted molar refractivity (Wildman–Crippen MR) is 98.0 cm³/mol. The third kappa shape index (κ3) is 5.52. The number of amides is 1. The highest BCUT2D eigenvalue weighted by atomic mass is 32.2. The number of carbonyl (C=O) groups is 1. The van der Waals surface area contributed by atoms with Crippen molar-refractivity contribution in [3.8, 4) is 0 Å². The van der Waals surface area contributed by atoms with Crippen LogP contribution in [-0.2, 0) is 14.8 Å². The predicted octanol–water partition coefficient (Wildman–Crippen LogP) is 0.189. The maximum atomic E-state index is 12.7. The molecule has 6 nitrogen and oxygen atoms in total. The number of nitrogens with zero attached hydrogens (tertiary/aromatic N) is 1. The summed E-state index contributed by atoms with van der Waals surface area (Å²) in [5.41, 5.74) is 1.04. The Bertz CT molecular complexity index is 665. The van der Waals surface area contributed by atoms with Crippen LogP contribution in [0.5, 0.6) is 0 Å². The topological polar surface area (TPSA) is 70.9 Å². The molecule has 0 aliphatic carbocycles. The quantitative estimate of drug-likeness (QED) is 0.722. The van der Waals surface area contributed by atoms with E-state index in [4.69, 9.17) is 0 Å². The van der Waals surface area contributed by atoms with E-state index in [1.165, 1.54) is 4.31 Å². The molecule has 1 fully saturated rings. The van der Waals surface area contributed by atoms with E-state index in [0.29, 0.717) is 37.6 Å². The van der Waals surface area contributed by atoms with Gasteiger partial charge >= 0.3 is 0 Å². The molecule has 140 valence electrons. The SMILES string of the molecule is CCC[C@@H](C)NC(=O)C[NH+]1CCN(S(=O)(=O)c2ccc(C)cc2)CC1. The number of rotatable bonds is 7. The van der Waals surface area contributed by atoms with Crippen LogP contribution in [0.4, 0.5) is 0 Å². The van der Waals surface area contributed by atoms with Crippen LogP contribution < -0.4 is 10.2 Å².